The Morgan fingerprint density at radius 1 is 0.321 bits per heavy atom. The van der Waals surface area contributed by atoms with Gasteiger partial charge in [0, 0.05) is 16.7 Å². The van der Waals surface area contributed by atoms with E-state index in [9.17, 15) is 0 Å². The average molecular weight is 694 g/mol. The summed E-state index contributed by atoms with van der Waals surface area (Å²) in [5.41, 5.74) is 10.4. The molecule has 0 saturated carbocycles. The molecule has 0 bridgehead atoms. The largest absolute Gasteiger partial charge is 0.208 e. The van der Waals surface area contributed by atoms with Crippen LogP contribution in [0.15, 0.2) is 176 Å². The van der Waals surface area contributed by atoms with E-state index in [0.717, 1.165) is 33.2 Å². The van der Waals surface area contributed by atoms with Gasteiger partial charge in [0.1, 0.15) is 8.07 Å². The number of rotatable bonds is 5. The van der Waals surface area contributed by atoms with Crippen LogP contribution >= 0.6 is 0 Å². The molecule has 4 heteroatoms. The summed E-state index contributed by atoms with van der Waals surface area (Å²) in [6.07, 6.45) is 0. The molecule has 3 nitrogen and oxygen atoms in total. The quantitative estimate of drug-likeness (QED) is 0.168. The van der Waals surface area contributed by atoms with Crippen molar-refractivity contribution in [2.75, 3.05) is 0 Å². The lowest BCUT2D eigenvalue weighted by Crippen LogP contribution is -2.50. The van der Waals surface area contributed by atoms with Crippen molar-refractivity contribution in [3.63, 3.8) is 0 Å². The van der Waals surface area contributed by atoms with Crippen LogP contribution in [0.2, 0.25) is 13.1 Å². The van der Waals surface area contributed by atoms with Crippen LogP contribution in [0.1, 0.15) is 0 Å². The number of benzene rings is 8. The van der Waals surface area contributed by atoms with Crippen molar-refractivity contribution >= 4 is 40.0 Å². The number of aromatic nitrogens is 3. The molecule has 10 rings (SSSR count). The zero-order valence-electron chi connectivity index (χ0n) is 29.6. The summed E-state index contributed by atoms with van der Waals surface area (Å²) in [6.45, 7) is 4.96. The molecule has 0 aliphatic carbocycles. The summed E-state index contributed by atoms with van der Waals surface area (Å²) < 4.78 is 0. The van der Waals surface area contributed by atoms with E-state index in [1.165, 1.54) is 48.8 Å². The minimum absolute atomic E-state index is 0.667. The van der Waals surface area contributed by atoms with Gasteiger partial charge in [0.25, 0.3) is 0 Å². The van der Waals surface area contributed by atoms with Crippen molar-refractivity contribution in [3.8, 4) is 67.5 Å². The van der Waals surface area contributed by atoms with Crippen LogP contribution in [-0.2, 0) is 0 Å². The number of hydrogen-bond acceptors (Lipinski definition) is 3. The lowest BCUT2D eigenvalue weighted by atomic mass is 9.99. The van der Waals surface area contributed by atoms with E-state index in [1.54, 1.807) is 0 Å². The second-order valence-corrected chi connectivity index (χ2v) is 18.7. The molecule has 0 atom stereocenters. The van der Waals surface area contributed by atoms with Gasteiger partial charge in [-0.2, -0.15) is 0 Å². The van der Waals surface area contributed by atoms with Gasteiger partial charge in [0.2, 0.25) is 0 Å². The van der Waals surface area contributed by atoms with Crippen LogP contribution in [0.25, 0.3) is 89.1 Å². The van der Waals surface area contributed by atoms with E-state index >= 15 is 0 Å². The molecule has 9 aromatic rings. The average Bonchev–Trinajstić information content (AvgIpc) is 3.47. The third kappa shape index (κ3) is 5.30. The molecule has 0 N–H and O–H groups in total. The Hall–Kier alpha value is -6.49. The van der Waals surface area contributed by atoms with Crippen LogP contribution in [-0.4, -0.2) is 23.0 Å². The molecule has 1 aliphatic heterocycles. The van der Waals surface area contributed by atoms with Gasteiger partial charge in [0.15, 0.2) is 17.5 Å². The third-order valence-electron chi connectivity index (χ3n) is 10.8. The van der Waals surface area contributed by atoms with Crippen LogP contribution < -0.4 is 10.4 Å². The molecular weight excluding hydrogens is 659 g/mol. The molecule has 250 valence electrons. The Morgan fingerprint density at radius 2 is 0.811 bits per heavy atom. The number of fused-ring (bicyclic) bond motifs is 6. The van der Waals surface area contributed by atoms with Crippen molar-refractivity contribution in [3.05, 3.63) is 176 Å². The van der Waals surface area contributed by atoms with E-state index in [2.05, 4.69) is 183 Å². The maximum atomic E-state index is 5.32. The molecule has 1 aromatic heterocycles. The molecule has 53 heavy (non-hydrogen) atoms. The van der Waals surface area contributed by atoms with Crippen LogP contribution in [0.4, 0.5) is 0 Å². The smallest absolute Gasteiger partial charge is 0.164 e. The summed E-state index contributed by atoms with van der Waals surface area (Å²) in [6, 6.07) is 62.8. The summed E-state index contributed by atoms with van der Waals surface area (Å²) in [4.78, 5) is 15.8. The highest BCUT2D eigenvalue weighted by Gasteiger charge is 2.41. The Labute approximate surface area is 310 Å². The minimum atomic E-state index is -2.19. The van der Waals surface area contributed by atoms with Crippen molar-refractivity contribution in [1.29, 1.82) is 0 Å². The maximum absolute atomic E-state index is 5.32. The highest BCUT2D eigenvalue weighted by atomic mass is 28.3. The normalized spacial score (nSPS) is 12.9. The Morgan fingerprint density at radius 3 is 1.55 bits per heavy atom. The molecule has 0 radical (unpaired) electrons. The minimum Gasteiger partial charge on any atom is -0.208 e. The van der Waals surface area contributed by atoms with E-state index < -0.39 is 8.07 Å². The molecule has 2 heterocycles. The molecule has 0 spiro atoms. The number of hydrogen-bond donors (Lipinski definition) is 0. The van der Waals surface area contributed by atoms with Gasteiger partial charge in [-0.25, -0.2) is 15.0 Å². The zero-order valence-corrected chi connectivity index (χ0v) is 30.6. The Bertz CT molecular complexity index is 2860. The highest BCUT2D eigenvalue weighted by molar-refractivity contribution is 7.05. The predicted octanol–water partition coefficient (Wildman–Crippen LogP) is 11.3. The molecule has 8 aromatic carbocycles. The SMILES string of the molecule is C[Si]1(C)c2c(-c3nc(-c4cccc(-c5ccccc5)c4)nc(-c4ccc5cc(-c6ccccc6)ccc5c4)n3)cccc2-c2ccc3ccccc3c21. The molecule has 0 unspecified atom stereocenters. The standard InChI is InChI=1S/C49H35N3Si/c1-53(2)45-41-20-10-9-17-34(41)27-28-43(45)42-21-12-22-44(46(42)53)49-51-47(39-19-11-18-35(30-39)32-13-5-3-6-14-32)50-48(52-49)40-26-25-37-29-36(23-24-38(37)31-40)33-15-7-4-8-16-33/h3-31H,1-2H3. The first-order chi connectivity index (χ1) is 26.0. The Balaban J connectivity index is 1.16. The van der Waals surface area contributed by atoms with Gasteiger partial charge in [-0.3, -0.25) is 0 Å². The van der Waals surface area contributed by atoms with Gasteiger partial charge in [-0.1, -0.05) is 171 Å². The van der Waals surface area contributed by atoms with E-state index in [-0.39, 0.29) is 0 Å². The lowest BCUT2D eigenvalue weighted by molar-refractivity contribution is 1.08. The zero-order chi connectivity index (χ0) is 35.5. The van der Waals surface area contributed by atoms with Crippen molar-refractivity contribution in [2.24, 2.45) is 0 Å². The van der Waals surface area contributed by atoms with Crippen LogP contribution in [0.3, 0.4) is 0 Å². The summed E-state index contributed by atoms with van der Waals surface area (Å²) >= 11 is 0. The van der Waals surface area contributed by atoms with Crippen molar-refractivity contribution in [1.82, 2.24) is 15.0 Å². The van der Waals surface area contributed by atoms with E-state index in [1.807, 2.05) is 6.07 Å². The van der Waals surface area contributed by atoms with E-state index in [0.29, 0.717) is 17.5 Å². The summed E-state index contributed by atoms with van der Waals surface area (Å²) in [5.74, 6) is 2.05. The van der Waals surface area contributed by atoms with Gasteiger partial charge in [-0.15, -0.1) is 0 Å². The fraction of sp³-hybridized carbons (Fsp3) is 0.0408. The van der Waals surface area contributed by atoms with Crippen LogP contribution in [0, 0.1) is 0 Å². The Kier molecular flexibility index (Phi) is 7.27. The first kappa shape index (κ1) is 31.3. The highest BCUT2D eigenvalue weighted by Crippen LogP contribution is 2.37. The van der Waals surface area contributed by atoms with Crippen LogP contribution in [0.5, 0.6) is 0 Å². The fourth-order valence-corrected chi connectivity index (χ4v) is 12.2. The van der Waals surface area contributed by atoms with Gasteiger partial charge >= 0.3 is 0 Å². The molecule has 1 aliphatic rings. The monoisotopic (exact) mass is 693 g/mol. The first-order valence-electron chi connectivity index (χ1n) is 18.2. The lowest BCUT2D eigenvalue weighted by Gasteiger charge is -2.23. The molecule has 0 amide bonds. The summed E-state index contributed by atoms with van der Waals surface area (Å²) in [5, 5.41) is 7.85. The third-order valence-corrected chi connectivity index (χ3v) is 14.4. The fourth-order valence-electron chi connectivity index (χ4n) is 8.35. The first-order valence-corrected chi connectivity index (χ1v) is 21.2. The number of nitrogens with zero attached hydrogens (tertiary/aromatic N) is 3. The second kappa shape index (κ2) is 12.3. The summed E-state index contributed by atoms with van der Waals surface area (Å²) in [7, 11) is -2.19. The topological polar surface area (TPSA) is 38.7 Å². The van der Waals surface area contributed by atoms with Gasteiger partial charge in [0.05, 0.1) is 0 Å². The molecule has 0 fully saturated rings. The molecular formula is C49H35N3Si. The van der Waals surface area contributed by atoms with E-state index in [4.69, 9.17) is 15.0 Å². The van der Waals surface area contributed by atoms with Crippen molar-refractivity contribution in [2.45, 2.75) is 13.1 Å². The second-order valence-electron chi connectivity index (χ2n) is 14.5. The maximum Gasteiger partial charge on any atom is 0.164 e. The van der Waals surface area contributed by atoms with Crippen molar-refractivity contribution < 1.29 is 0 Å². The predicted molar refractivity (Wildman–Crippen MR) is 224 cm³/mol. The van der Waals surface area contributed by atoms with Gasteiger partial charge in [-0.05, 0) is 83.5 Å². The van der Waals surface area contributed by atoms with Gasteiger partial charge < -0.3 is 0 Å². The molecule has 0 saturated heterocycles.